The van der Waals surface area contributed by atoms with Gasteiger partial charge in [0.25, 0.3) is 5.91 Å². The van der Waals surface area contributed by atoms with Gasteiger partial charge in [-0.2, -0.15) is 4.31 Å². The van der Waals surface area contributed by atoms with Gasteiger partial charge in [-0.3, -0.25) is 4.79 Å². The van der Waals surface area contributed by atoms with Crippen molar-refractivity contribution in [3.05, 3.63) is 59.1 Å². The Labute approximate surface area is 159 Å². The largest absolute Gasteiger partial charge is 0.366 e. The summed E-state index contributed by atoms with van der Waals surface area (Å²) in [6, 6.07) is 8.54. The molecule has 1 heterocycles. The van der Waals surface area contributed by atoms with Gasteiger partial charge in [0.1, 0.15) is 22.6 Å². The predicted octanol–water partition coefficient (Wildman–Crippen LogP) is 2.65. The summed E-state index contributed by atoms with van der Waals surface area (Å²) in [6.45, 7) is -0.220. The molecule has 1 fully saturated rings. The zero-order valence-corrected chi connectivity index (χ0v) is 15.4. The van der Waals surface area contributed by atoms with Crippen LogP contribution < -0.4 is 5.32 Å². The molecular weight excluding hydrogens is 402 g/mol. The van der Waals surface area contributed by atoms with E-state index < -0.39 is 33.7 Å². The average molecular weight is 417 g/mol. The van der Waals surface area contributed by atoms with Crippen LogP contribution in [-0.2, 0) is 19.6 Å². The van der Waals surface area contributed by atoms with Crippen LogP contribution in [0.15, 0.2) is 47.4 Å². The first-order valence-corrected chi connectivity index (χ1v) is 9.72. The molecular formula is C17H15ClF2N2O4S. The van der Waals surface area contributed by atoms with E-state index in [-0.39, 0.29) is 35.3 Å². The van der Waals surface area contributed by atoms with Crippen molar-refractivity contribution in [1.29, 1.82) is 0 Å². The minimum absolute atomic E-state index is 0.0146. The molecule has 1 atom stereocenters. The molecule has 10 heteroatoms. The van der Waals surface area contributed by atoms with Gasteiger partial charge in [0.15, 0.2) is 0 Å². The van der Waals surface area contributed by atoms with E-state index in [4.69, 9.17) is 16.3 Å². The molecule has 1 aliphatic rings. The fourth-order valence-electron chi connectivity index (χ4n) is 2.64. The van der Waals surface area contributed by atoms with E-state index >= 15 is 0 Å². The number of amides is 1. The van der Waals surface area contributed by atoms with Gasteiger partial charge in [0.05, 0.1) is 11.6 Å². The van der Waals surface area contributed by atoms with Gasteiger partial charge >= 0.3 is 0 Å². The fourth-order valence-corrected chi connectivity index (χ4v) is 4.56. The van der Waals surface area contributed by atoms with Gasteiger partial charge in [-0.1, -0.05) is 23.7 Å². The number of anilines is 1. The van der Waals surface area contributed by atoms with Crippen LogP contribution >= 0.6 is 11.6 Å². The number of nitrogens with zero attached hydrogens (tertiary/aromatic N) is 1. The van der Waals surface area contributed by atoms with Crippen LogP contribution in [0.3, 0.4) is 0 Å². The molecule has 27 heavy (non-hydrogen) atoms. The van der Waals surface area contributed by atoms with Crippen molar-refractivity contribution in [3.8, 4) is 0 Å². The summed E-state index contributed by atoms with van der Waals surface area (Å²) in [5.41, 5.74) is -0.0906. The lowest BCUT2D eigenvalue weighted by Gasteiger charge is -2.31. The number of morpholine rings is 1. The molecule has 144 valence electrons. The molecule has 3 rings (SSSR count). The molecule has 0 unspecified atom stereocenters. The number of halogens is 3. The Morgan fingerprint density at radius 2 is 1.85 bits per heavy atom. The molecule has 1 saturated heterocycles. The summed E-state index contributed by atoms with van der Waals surface area (Å²) in [5.74, 6) is -2.41. The zero-order chi connectivity index (χ0) is 19.6. The van der Waals surface area contributed by atoms with Crippen molar-refractivity contribution in [3.63, 3.8) is 0 Å². The Morgan fingerprint density at radius 3 is 2.52 bits per heavy atom. The van der Waals surface area contributed by atoms with Gasteiger partial charge in [0.2, 0.25) is 10.0 Å². The second kappa shape index (κ2) is 7.89. The molecule has 0 aliphatic carbocycles. The summed E-state index contributed by atoms with van der Waals surface area (Å²) < 4.78 is 58.5. The van der Waals surface area contributed by atoms with Crippen LogP contribution in [0.2, 0.25) is 5.02 Å². The predicted molar refractivity (Wildman–Crippen MR) is 94.9 cm³/mol. The normalized spacial score (nSPS) is 18.3. The van der Waals surface area contributed by atoms with E-state index in [9.17, 15) is 22.0 Å². The molecule has 1 aliphatic heterocycles. The Hall–Kier alpha value is -2.07. The summed E-state index contributed by atoms with van der Waals surface area (Å²) >= 11 is 5.98. The molecule has 1 amide bonds. The van der Waals surface area contributed by atoms with E-state index in [2.05, 4.69) is 5.32 Å². The monoisotopic (exact) mass is 416 g/mol. The smallest absolute Gasteiger partial charge is 0.254 e. The van der Waals surface area contributed by atoms with Crippen molar-refractivity contribution >= 4 is 33.2 Å². The first-order valence-electron chi connectivity index (χ1n) is 7.90. The van der Waals surface area contributed by atoms with Crippen molar-refractivity contribution in [2.75, 3.05) is 25.0 Å². The van der Waals surface area contributed by atoms with E-state index in [0.717, 1.165) is 16.4 Å². The van der Waals surface area contributed by atoms with Crippen LogP contribution in [0.5, 0.6) is 0 Å². The van der Waals surface area contributed by atoms with Gasteiger partial charge < -0.3 is 10.1 Å². The second-order valence-corrected chi connectivity index (χ2v) is 8.11. The van der Waals surface area contributed by atoms with Crippen molar-refractivity contribution in [2.24, 2.45) is 0 Å². The highest BCUT2D eigenvalue weighted by molar-refractivity contribution is 7.89. The first kappa shape index (κ1) is 19.7. The number of nitrogens with one attached hydrogen (secondary N) is 1. The molecule has 0 bridgehead atoms. The second-order valence-electron chi connectivity index (χ2n) is 5.80. The third-order valence-electron chi connectivity index (χ3n) is 3.91. The van der Waals surface area contributed by atoms with Crippen molar-refractivity contribution in [1.82, 2.24) is 4.31 Å². The summed E-state index contributed by atoms with van der Waals surface area (Å²) in [5, 5.41) is 2.39. The minimum atomic E-state index is -3.92. The average Bonchev–Trinajstić information content (AvgIpc) is 2.61. The first-order chi connectivity index (χ1) is 12.8. The maximum Gasteiger partial charge on any atom is 0.254 e. The Morgan fingerprint density at radius 1 is 1.19 bits per heavy atom. The SMILES string of the molecule is O=C(Nc1cc(F)cc(F)c1)[C@@H]1CN(S(=O)(=O)c2ccccc2Cl)CCO1. The van der Waals surface area contributed by atoms with E-state index in [1.54, 1.807) is 12.1 Å². The minimum Gasteiger partial charge on any atom is -0.366 e. The maximum absolute atomic E-state index is 13.2. The number of hydrogen-bond donors (Lipinski definition) is 1. The molecule has 0 aromatic heterocycles. The van der Waals surface area contributed by atoms with Gasteiger partial charge in [-0.25, -0.2) is 17.2 Å². The third-order valence-corrected chi connectivity index (χ3v) is 6.27. The summed E-state index contributed by atoms with van der Waals surface area (Å²) in [7, 11) is -3.92. The topological polar surface area (TPSA) is 75.7 Å². The highest BCUT2D eigenvalue weighted by Gasteiger charge is 2.35. The van der Waals surface area contributed by atoms with Crippen molar-refractivity contribution < 1.29 is 26.7 Å². The molecule has 2 aromatic carbocycles. The highest BCUT2D eigenvalue weighted by atomic mass is 35.5. The molecule has 1 N–H and O–H groups in total. The highest BCUT2D eigenvalue weighted by Crippen LogP contribution is 2.26. The van der Waals surface area contributed by atoms with Gasteiger partial charge in [0, 0.05) is 24.8 Å². The lowest BCUT2D eigenvalue weighted by atomic mass is 10.2. The number of hydrogen-bond acceptors (Lipinski definition) is 4. The number of sulfonamides is 1. The standard InChI is InChI=1S/C17H15ClF2N2O4S/c18-14-3-1-2-4-16(14)27(24,25)22-5-6-26-15(10-22)17(23)21-13-8-11(19)7-12(20)9-13/h1-4,7-9,15H,5-6,10H2,(H,21,23)/t15-/m0/s1. The fraction of sp³-hybridized carbons (Fsp3) is 0.235. The van der Waals surface area contributed by atoms with E-state index in [1.165, 1.54) is 12.1 Å². The lowest BCUT2D eigenvalue weighted by Crippen LogP contribution is -2.50. The third kappa shape index (κ3) is 4.44. The molecule has 0 radical (unpaired) electrons. The van der Waals surface area contributed by atoms with E-state index in [0.29, 0.717) is 6.07 Å². The zero-order valence-electron chi connectivity index (χ0n) is 13.9. The number of carbonyl (C=O) groups is 1. The number of carbonyl (C=O) groups excluding carboxylic acids is 1. The summed E-state index contributed by atoms with van der Waals surface area (Å²) in [4.78, 5) is 12.3. The number of rotatable bonds is 4. The Balaban J connectivity index is 1.75. The van der Waals surface area contributed by atoms with Crippen LogP contribution in [0.1, 0.15) is 0 Å². The van der Waals surface area contributed by atoms with E-state index in [1.807, 2.05) is 0 Å². The Bertz CT molecular complexity index is 951. The lowest BCUT2D eigenvalue weighted by molar-refractivity contribution is -0.130. The van der Waals surface area contributed by atoms with Crippen LogP contribution in [0.25, 0.3) is 0 Å². The van der Waals surface area contributed by atoms with Crippen molar-refractivity contribution in [2.45, 2.75) is 11.0 Å². The van der Waals surface area contributed by atoms with Gasteiger partial charge in [-0.15, -0.1) is 0 Å². The molecule has 2 aromatic rings. The number of benzene rings is 2. The quantitative estimate of drug-likeness (QED) is 0.831. The maximum atomic E-state index is 13.2. The molecule has 6 nitrogen and oxygen atoms in total. The molecule has 0 spiro atoms. The summed E-state index contributed by atoms with van der Waals surface area (Å²) in [6.07, 6.45) is -1.14. The Kier molecular flexibility index (Phi) is 5.75. The van der Waals surface area contributed by atoms with Gasteiger partial charge in [-0.05, 0) is 24.3 Å². The van der Waals surface area contributed by atoms with Crippen LogP contribution in [0.4, 0.5) is 14.5 Å². The van der Waals surface area contributed by atoms with Crippen LogP contribution in [-0.4, -0.2) is 44.4 Å². The number of ether oxygens (including phenoxy) is 1. The molecule has 0 saturated carbocycles. The van der Waals surface area contributed by atoms with Crippen LogP contribution in [0, 0.1) is 11.6 Å².